The molecule has 10 aromatic rings. The van der Waals surface area contributed by atoms with Gasteiger partial charge in [-0.15, -0.1) is 0 Å². The fraction of sp³-hybridized carbons (Fsp3) is 0. The summed E-state index contributed by atoms with van der Waals surface area (Å²) in [6.45, 7) is 0. The van der Waals surface area contributed by atoms with Crippen LogP contribution in [0.3, 0.4) is 0 Å². The molecule has 0 aliphatic rings. The molecule has 0 atom stereocenters. The van der Waals surface area contributed by atoms with E-state index in [1.165, 1.54) is 38.2 Å². The number of benzene rings is 7. The molecule has 0 aliphatic heterocycles. The van der Waals surface area contributed by atoms with Gasteiger partial charge in [-0.05, 0) is 91.3 Å². The molecule has 4 heteroatoms. The largest absolute Gasteiger partial charge is 0.265 e. The van der Waals surface area contributed by atoms with Gasteiger partial charge >= 0.3 is 0 Å². The van der Waals surface area contributed by atoms with Crippen molar-refractivity contribution in [3.8, 4) is 67.3 Å². The molecule has 0 fully saturated rings. The van der Waals surface area contributed by atoms with Gasteiger partial charge < -0.3 is 0 Å². The summed E-state index contributed by atoms with van der Waals surface area (Å²) >= 11 is 0. The summed E-state index contributed by atoms with van der Waals surface area (Å²) < 4.78 is 0. The van der Waals surface area contributed by atoms with E-state index in [0.717, 1.165) is 55.7 Å². The summed E-state index contributed by atoms with van der Waals surface area (Å²) in [4.78, 5) is 19.3. The second kappa shape index (κ2) is 13.4. The second-order valence-electron chi connectivity index (χ2n) is 13.5. The quantitative estimate of drug-likeness (QED) is 0.163. The van der Waals surface area contributed by atoms with E-state index < -0.39 is 0 Å². The van der Waals surface area contributed by atoms with E-state index in [1.54, 1.807) is 0 Å². The molecular formula is C50H32N4. The molecule has 0 saturated heterocycles. The molecule has 0 spiro atoms. The number of rotatable bonds is 6. The van der Waals surface area contributed by atoms with Crippen LogP contribution < -0.4 is 0 Å². The third kappa shape index (κ3) is 5.67. The molecule has 252 valence electrons. The van der Waals surface area contributed by atoms with Crippen LogP contribution in [0.4, 0.5) is 0 Å². The maximum atomic E-state index is 5.23. The molecule has 0 amide bonds. The Morgan fingerprint density at radius 1 is 0.333 bits per heavy atom. The number of fused-ring (bicyclic) bond motifs is 3. The molecule has 0 unspecified atom stereocenters. The maximum absolute atomic E-state index is 5.23. The first kappa shape index (κ1) is 31.4. The molecular weight excluding hydrogens is 657 g/mol. The lowest BCUT2D eigenvalue weighted by molar-refractivity contribution is 1.18. The van der Waals surface area contributed by atoms with Crippen molar-refractivity contribution in [2.75, 3.05) is 0 Å². The summed E-state index contributed by atoms with van der Waals surface area (Å²) in [5, 5.41) is 5.94. The molecule has 0 N–H and O–H groups in total. The molecule has 0 bridgehead atoms. The highest BCUT2D eigenvalue weighted by Gasteiger charge is 2.18. The third-order valence-electron chi connectivity index (χ3n) is 10.2. The Labute approximate surface area is 313 Å². The van der Waals surface area contributed by atoms with Crippen molar-refractivity contribution >= 4 is 32.4 Å². The fourth-order valence-electron chi connectivity index (χ4n) is 7.63. The topological polar surface area (TPSA) is 51.6 Å². The lowest BCUT2D eigenvalue weighted by Gasteiger charge is -2.18. The number of para-hydroxylation sites is 1. The molecule has 0 radical (unpaired) electrons. The van der Waals surface area contributed by atoms with Gasteiger partial charge in [0.05, 0.1) is 16.9 Å². The monoisotopic (exact) mass is 688 g/mol. The van der Waals surface area contributed by atoms with Gasteiger partial charge in [-0.25, -0.2) is 9.97 Å². The summed E-state index contributed by atoms with van der Waals surface area (Å²) in [5.41, 5.74) is 12.6. The first-order valence-corrected chi connectivity index (χ1v) is 18.1. The molecule has 3 heterocycles. The van der Waals surface area contributed by atoms with Crippen LogP contribution in [0.1, 0.15) is 0 Å². The second-order valence-corrected chi connectivity index (χ2v) is 13.5. The van der Waals surface area contributed by atoms with Gasteiger partial charge in [0.25, 0.3) is 0 Å². The van der Waals surface area contributed by atoms with Crippen LogP contribution in [-0.4, -0.2) is 19.9 Å². The Hall–Kier alpha value is -7.30. The summed E-state index contributed by atoms with van der Waals surface area (Å²) in [6, 6.07) is 62.0. The zero-order valence-corrected chi connectivity index (χ0v) is 29.3. The first-order valence-electron chi connectivity index (χ1n) is 18.1. The highest BCUT2D eigenvalue weighted by Crippen LogP contribution is 2.44. The summed E-state index contributed by atoms with van der Waals surface area (Å²) in [6.07, 6.45) is 5.52. The predicted octanol–water partition coefficient (Wildman–Crippen LogP) is 12.7. The molecule has 10 rings (SSSR count). The Morgan fingerprint density at radius 3 is 1.57 bits per heavy atom. The summed E-state index contributed by atoms with van der Waals surface area (Å²) in [7, 11) is 0. The van der Waals surface area contributed by atoms with Crippen LogP contribution in [0.15, 0.2) is 195 Å². The van der Waals surface area contributed by atoms with E-state index in [1.807, 2.05) is 48.9 Å². The van der Waals surface area contributed by atoms with Crippen LogP contribution in [0.2, 0.25) is 0 Å². The van der Waals surface area contributed by atoms with Gasteiger partial charge in [-0.2, -0.15) is 0 Å². The van der Waals surface area contributed by atoms with Crippen molar-refractivity contribution in [3.05, 3.63) is 195 Å². The average Bonchev–Trinajstić information content (AvgIpc) is 3.26. The van der Waals surface area contributed by atoms with Crippen LogP contribution in [0.5, 0.6) is 0 Å². The van der Waals surface area contributed by atoms with Crippen LogP contribution in [0.25, 0.3) is 99.7 Å². The fourth-order valence-corrected chi connectivity index (χ4v) is 7.63. The highest BCUT2D eigenvalue weighted by molar-refractivity contribution is 6.21. The zero-order valence-electron chi connectivity index (χ0n) is 29.3. The van der Waals surface area contributed by atoms with E-state index >= 15 is 0 Å². The van der Waals surface area contributed by atoms with Gasteiger partial charge in [0, 0.05) is 40.7 Å². The van der Waals surface area contributed by atoms with Crippen LogP contribution in [0, 0.1) is 0 Å². The van der Waals surface area contributed by atoms with Crippen molar-refractivity contribution in [2.24, 2.45) is 0 Å². The van der Waals surface area contributed by atoms with Gasteiger partial charge in [0.15, 0.2) is 5.82 Å². The number of hydrogen-bond donors (Lipinski definition) is 0. The molecule has 7 aromatic carbocycles. The standard InChI is InChI=1S/C50H32N4/c1-2-11-36(12-3-1)48-41-16-5-7-18-43(41)49(44-19-8-6-17-42(44)48)39-15-10-14-38(29-39)47-31-46(35-23-21-33(22-24-35)34-25-27-51-28-26-34)53-50(54-47)40-30-37-13-4-9-20-45(37)52-32-40/h1-32H. The predicted molar refractivity (Wildman–Crippen MR) is 223 cm³/mol. The lowest BCUT2D eigenvalue weighted by Crippen LogP contribution is -1.97. The van der Waals surface area contributed by atoms with Gasteiger partial charge in [-0.1, -0.05) is 140 Å². The molecule has 54 heavy (non-hydrogen) atoms. The van der Waals surface area contributed by atoms with Crippen molar-refractivity contribution in [3.63, 3.8) is 0 Å². The number of pyridine rings is 2. The minimum atomic E-state index is 0.632. The zero-order chi connectivity index (χ0) is 35.8. The molecule has 3 aromatic heterocycles. The Kier molecular flexibility index (Phi) is 7.77. The van der Waals surface area contributed by atoms with Gasteiger partial charge in [0.1, 0.15) is 0 Å². The number of nitrogens with zero attached hydrogens (tertiary/aromatic N) is 4. The number of hydrogen-bond acceptors (Lipinski definition) is 4. The van der Waals surface area contributed by atoms with Crippen molar-refractivity contribution in [1.82, 2.24) is 19.9 Å². The van der Waals surface area contributed by atoms with Crippen LogP contribution >= 0.6 is 0 Å². The van der Waals surface area contributed by atoms with E-state index in [9.17, 15) is 0 Å². The Morgan fingerprint density at radius 2 is 0.870 bits per heavy atom. The third-order valence-corrected chi connectivity index (χ3v) is 10.2. The Bertz CT molecular complexity index is 2920. The lowest BCUT2D eigenvalue weighted by atomic mass is 9.85. The van der Waals surface area contributed by atoms with E-state index in [4.69, 9.17) is 15.0 Å². The van der Waals surface area contributed by atoms with Gasteiger partial charge in [0.2, 0.25) is 0 Å². The molecule has 4 nitrogen and oxygen atoms in total. The molecule has 0 aliphatic carbocycles. The van der Waals surface area contributed by atoms with E-state index in [0.29, 0.717) is 5.82 Å². The first-order chi connectivity index (χ1) is 26.8. The van der Waals surface area contributed by atoms with Crippen molar-refractivity contribution in [1.29, 1.82) is 0 Å². The normalized spacial score (nSPS) is 11.3. The average molecular weight is 689 g/mol. The number of aromatic nitrogens is 4. The maximum Gasteiger partial charge on any atom is 0.161 e. The van der Waals surface area contributed by atoms with E-state index in [2.05, 4.69) is 151 Å². The minimum Gasteiger partial charge on any atom is -0.265 e. The van der Waals surface area contributed by atoms with Crippen LogP contribution in [-0.2, 0) is 0 Å². The minimum absolute atomic E-state index is 0.632. The SMILES string of the molecule is c1ccc(-c2c3ccccc3c(-c3cccc(-c4cc(-c5ccc(-c6ccncc6)cc5)nc(-c5cnc6ccccc6c5)n4)c3)c3ccccc23)cc1. The van der Waals surface area contributed by atoms with Gasteiger partial charge in [-0.3, -0.25) is 9.97 Å². The Balaban J connectivity index is 1.16. The van der Waals surface area contributed by atoms with E-state index in [-0.39, 0.29) is 0 Å². The van der Waals surface area contributed by atoms with Crippen molar-refractivity contribution in [2.45, 2.75) is 0 Å². The smallest absolute Gasteiger partial charge is 0.161 e. The van der Waals surface area contributed by atoms with Crippen molar-refractivity contribution < 1.29 is 0 Å². The summed E-state index contributed by atoms with van der Waals surface area (Å²) in [5.74, 6) is 0.632. The highest BCUT2D eigenvalue weighted by atomic mass is 14.9. The molecule has 0 saturated carbocycles.